The highest BCUT2D eigenvalue weighted by Crippen LogP contribution is 2.28. The molecule has 1 aromatic carbocycles. The van der Waals surface area contributed by atoms with Crippen LogP contribution in [-0.2, 0) is 4.79 Å². The molecule has 0 radical (unpaired) electrons. The summed E-state index contributed by atoms with van der Waals surface area (Å²) in [6, 6.07) is 6.03. The molecule has 0 unspecified atom stereocenters. The zero-order chi connectivity index (χ0) is 14.0. The Bertz CT molecular complexity index is 580. The van der Waals surface area contributed by atoms with Gasteiger partial charge in [0.05, 0.1) is 0 Å². The van der Waals surface area contributed by atoms with Gasteiger partial charge in [-0.3, -0.25) is 9.69 Å². The van der Waals surface area contributed by atoms with Crippen molar-refractivity contribution in [2.24, 2.45) is 5.92 Å². The SMILES string of the molecule is CC(C)C(=O)N(C)c1nnc(-c2ccc(F)cc2)s1. The number of benzene rings is 1. The molecule has 1 amide bonds. The van der Waals surface area contributed by atoms with E-state index in [1.807, 2.05) is 13.8 Å². The summed E-state index contributed by atoms with van der Waals surface area (Å²) in [4.78, 5) is 13.3. The Hall–Kier alpha value is -1.82. The molecule has 4 nitrogen and oxygen atoms in total. The van der Waals surface area contributed by atoms with Gasteiger partial charge in [0.25, 0.3) is 0 Å². The third-order valence-corrected chi connectivity index (χ3v) is 3.67. The normalized spacial score (nSPS) is 10.8. The number of aromatic nitrogens is 2. The monoisotopic (exact) mass is 279 g/mol. The van der Waals surface area contributed by atoms with Gasteiger partial charge in [-0.2, -0.15) is 0 Å². The van der Waals surface area contributed by atoms with Gasteiger partial charge < -0.3 is 0 Å². The highest BCUT2D eigenvalue weighted by molar-refractivity contribution is 7.18. The van der Waals surface area contributed by atoms with Crippen LogP contribution < -0.4 is 4.90 Å². The Labute approximate surface area is 114 Å². The van der Waals surface area contributed by atoms with Gasteiger partial charge in [-0.05, 0) is 24.3 Å². The molecule has 0 N–H and O–H groups in total. The zero-order valence-electron chi connectivity index (χ0n) is 10.9. The van der Waals surface area contributed by atoms with Crippen molar-refractivity contribution in [2.75, 3.05) is 11.9 Å². The van der Waals surface area contributed by atoms with Crippen molar-refractivity contribution in [2.45, 2.75) is 13.8 Å². The fourth-order valence-corrected chi connectivity index (χ4v) is 2.36. The number of rotatable bonds is 3. The van der Waals surface area contributed by atoms with Gasteiger partial charge in [0, 0.05) is 18.5 Å². The maximum Gasteiger partial charge on any atom is 0.231 e. The van der Waals surface area contributed by atoms with Crippen LogP contribution in [0.5, 0.6) is 0 Å². The van der Waals surface area contributed by atoms with Crippen LogP contribution in [0, 0.1) is 11.7 Å². The fraction of sp³-hybridized carbons (Fsp3) is 0.308. The molecule has 6 heteroatoms. The molecule has 0 aliphatic rings. The van der Waals surface area contributed by atoms with Crippen LogP contribution in [0.1, 0.15) is 13.8 Å². The summed E-state index contributed by atoms with van der Waals surface area (Å²) in [5, 5.41) is 9.23. The van der Waals surface area contributed by atoms with Crippen molar-refractivity contribution < 1.29 is 9.18 Å². The summed E-state index contributed by atoms with van der Waals surface area (Å²) < 4.78 is 12.8. The van der Waals surface area contributed by atoms with Crippen molar-refractivity contribution in [1.82, 2.24) is 10.2 Å². The van der Waals surface area contributed by atoms with E-state index in [9.17, 15) is 9.18 Å². The van der Waals surface area contributed by atoms with E-state index in [1.54, 1.807) is 19.2 Å². The highest BCUT2D eigenvalue weighted by Gasteiger charge is 2.18. The van der Waals surface area contributed by atoms with E-state index < -0.39 is 0 Å². The van der Waals surface area contributed by atoms with Gasteiger partial charge in [-0.15, -0.1) is 10.2 Å². The average Bonchev–Trinajstić information content (AvgIpc) is 2.87. The largest absolute Gasteiger partial charge is 0.290 e. The van der Waals surface area contributed by atoms with Crippen molar-refractivity contribution >= 4 is 22.4 Å². The molecule has 1 aromatic heterocycles. The maximum atomic E-state index is 12.8. The van der Waals surface area contributed by atoms with Crippen LogP contribution in [0.25, 0.3) is 10.6 Å². The zero-order valence-corrected chi connectivity index (χ0v) is 11.7. The minimum absolute atomic E-state index is 0.0122. The summed E-state index contributed by atoms with van der Waals surface area (Å²) >= 11 is 1.31. The number of halogens is 1. The third kappa shape index (κ3) is 2.96. The second kappa shape index (κ2) is 5.44. The topological polar surface area (TPSA) is 46.1 Å². The van der Waals surface area contributed by atoms with E-state index >= 15 is 0 Å². The first-order valence-corrected chi connectivity index (χ1v) is 6.67. The van der Waals surface area contributed by atoms with Crippen molar-refractivity contribution in [3.8, 4) is 10.6 Å². The smallest absolute Gasteiger partial charge is 0.231 e. The number of hydrogen-bond donors (Lipinski definition) is 0. The standard InChI is InChI=1S/C13H14FN3OS/c1-8(2)12(18)17(3)13-16-15-11(19-13)9-4-6-10(14)7-5-9/h4-8H,1-3H3. The van der Waals surface area contributed by atoms with Crippen LogP contribution in [0.15, 0.2) is 24.3 Å². The molecule has 1 heterocycles. The van der Waals surface area contributed by atoms with E-state index in [2.05, 4.69) is 10.2 Å². The van der Waals surface area contributed by atoms with Crippen LogP contribution >= 0.6 is 11.3 Å². The minimum atomic E-state index is -0.291. The van der Waals surface area contributed by atoms with Crippen molar-refractivity contribution in [3.63, 3.8) is 0 Å². The molecule has 100 valence electrons. The van der Waals surface area contributed by atoms with Gasteiger partial charge in [0.1, 0.15) is 10.8 Å². The molecule has 0 aliphatic carbocycles. The quantitative estimate of drug-likeness (QED) is 0.867. The van der Waals surface area contributed by atoms with Gasteiger partial charge in [-0.25, -0.2) is 4.39 Å². The first kappa shape index (κ1) is 13.6. The van der Waals surface area contributed by atoms with Gasteiger partial charge >= 0.3 is 0 Å². The number of anilines is 1. The first-order chi connectivity index (χ1) is 8.99. The van der Waals surface area contributed by atoms with Gasteiger partial charge in [0.15, 0.2) is 0 Å². The molecule has 0 atom stereocenters. The molecule has 0 spiro atoms. The number of amides is 1. The molecule has 0 saturated carbocycles. The molecular weight excluding hydrogens is 265 g/mol. The van der Waals surface area contributed by atoms with Crippen LogP contribution in [0.2, 0.25) is 0 Å². The minimum Gasteiger partial charge on any atom is -0.290 e. The summed E-state index contributed by atoms with van der Waals surface area (Å²) in [7, 11) is 1.68. The molecule has 2 rings (SSSR count). The highest BCUT2D eigenvalue weighted by atomic mass is 32.1. The summed E-state index contributed by atoms with van der Waals surface area (Å²) in [5.41, 5.74) is 0.788. The number of carbonyl (C=O) groups is 1. The van der Waals surface area contributed by atoms with E-state index in [1.165, 1.54) is 28.4 Å². The molecule has 19 heavy (non-hydrogen) atoms. The molecule has 0 aliphatic heterocycles. The van der Waals surface area contributed by atoms with E-state index in [-0.39, 0.29) is 17.6 Å². The number of nitrogens with zero attached hydrogens (tertiary/aromatic N) is 3. The van der Waals surface area contributed by atoms with E-state index in [4.69, 9.17) is 0 Å². The Morgan fingerprint density at radius 2 is 1.89 bits per heavy atom. The predicted molar refractivity (Wildman–Crippen MR) is 73.6 cm³/mol. The predicted octanol–water partition coefficient (Wildman–Crippen LogP) is 2.96. The van der Waals surface area contributed by atoms with Crippen molar-refractivity contribution in [3.05, 3.63) is 30.1 Å². The lowest BCUT2D eigenvalue weighted by Gasteiger charge is -2.14. The summed E-state index contributed by atoms with van der Waals surface area (Å²) in [6.07, 6.45) is 0. The van der Waals surface area contributed by atoms with Crippen LogP contribution in [-0.4, -0.2) is 23.2 Å². The van der Waals surface area contributed by atoms with Crippen LogP contribution in [0.3, 0.4) is 0 Å². The molecule has 0 fully saturated rings. The van der Waals surface area contributed by atoms with E-state index in [0.717, 1.165) is 5.56 Å². The van der Waals surface area contributed by atoms with Gasteiger partial charge in [-0.1, -0.05) is 25.2 Å². The lowest BCUT2D eigenvalue weighted by atomic mass is 10.2. The van der Waals surface area contributed by atoms with E-state index in [0.29, 0.717) is 10.1 Å². The summed E-state index contributed by atoms with van der Waals surface area (Å²) in [6.45, 7) is 3.67. The summed E-state index contributed by atoms with van der Waals surface area (Å²) in [5.74, 6) is -0.398. The molecule has 0 bridgehead atoms. The molecule has 2 aromatic rings. The Balaban J connectivity index is 2.24. The second-order valence-corrected chi connectivity index (χ2v) is 5.40. The van der Waals surface area contributed by atoms with Gasteiger partial charge in [0.2, 0.25) is 11.0 Å². The fourth-order valence-electron chi connectivity index (χ4n) is 1.54. The Kier molecular flexibility index (Phi) is 3.90. The molecular formula is C13H14FN3OS. The Morgan fingerprint density at radius 3 is 2.47 bits per heavy atom. The number of hydrogen-bond acceptors (Lipinski definition) is 4. The lowest BCUT2D eigenvalue weighted by Crippen LogP contribution is -2.30. The number of carbonyl (C=O) groups excluding carboxylic acids is 1. The molecule has 0 saturated heterocycles. The maximum absolute atomic E-state index is 12.8. The second-order valence-electron chi connectivity index (χ2n) is 4.45. The Morgan fingerprint density at radius 1 is 1.26 bits per heavy atom. The first-order valence-electron chi connectivity index (χ1n) is 5.86. The average molecular weight is 279 g/mol. The van der Waals surface area contributed by atoms with Crippen LogP contribution in [0.4, 0.5) is 9.52 Å². The third-order valence-electron chi connectivity index (χ3n) is 2.62. The van der Waals surface area contributed by atoms with Crippen molar-refractivity contribution in [1.29, 1.82) is 0 Å². The lowest BCUT2D eigenvalue weighted by molar-refractivity contribution is -0.121.